The lowest BCUT2D eigenvalue weighted by atomic mass is 9.50. The molecule has 1 aliphatic heterocycles. The van der Waals surface area contributed by atoms with Crippen LogP contribution in [0.5, 0.6) is 17.2 Å². The monoisotopic (exact) mass is 689 g/mol. The van der Waals surface area contributed by atoms with E-state index in [9.17, 15) is 13.2 Å². The van der Waals surface area contributed by atoms with Crippen LogP contribution in [0.4, 0.5) is 5.82 Å². The van der Waals surface area contributed by atoms with Crippen molar-refractivity contribution in [3.05, 3.63) is 59.8 Å². The third-order valence-corrected chi connectivity index (χ3v) is 12.4. The van der Waals surface area contributed by atoms with Gasteiger partial charge in [-0.1, -0.05) is 12.1 Å². The SMILES string of the molecule is CCOc1cccc(-c2cc(OC)c(CN3CCN(c4ccc(C(=O)NS(=O)(=O)CC56CC7CC(CC(C7)C5)C6)nn4)CC3)c(OC)c2)c1. The number of nitrogens with zero attached hydrogens (tertiary/aromatic N) is 4. The zero-order valence-electron chi connectivity index (χ0n) is 28.7. The molecule has 4 aliphatic carbocycles. The fourth-order valence-corrected chi connectivity index (χ4v) is 10.9. The first-order valence-electron chi connectivity index (χ1n) is 17.5. The van der Waals surface area contributed by atoms with Gasteiger partial charge in [0.25, 0.3) is 5.91 Å². The van der Waals surface area contributed by atoms with Gasteiger partial charge in [-0.05, 0) is 116 Å². The van der Waals surface area contributed by atoms with Crippen molar-refractivity contribution >= 4 is 21.7 Å². The van der Waals surface area contributed by atoms with Crippen LogP contribution < -0.4 is 23.8 Å². The van der Waals surface area contributed by atoms with Gasteiger partial charge in [0.15, 0.2) is 11.5 Å². The first-order valence-corrected chi connectivity index (χ1v) is 19.1. The molecule has 11 nitrogen and oxygen atoms in total. The standard InChI is InChI=1S/C37H47N5O6S/c1-4-48-30-7-5-6-28(17-30)29-18-33(46-2)31(34(19-29)47-3)23-41-10-12-42(13-11-41)35-9-8-32(38-39-35)36(43)40-49(44,45)24-37-20-25-14-26(21-37)16-27(15-25)22-37/h5-9,17-19,25-27H,4,10-16,20-24H2,1-3H3,(H,40,43). The highest BCUT2D eigenvalue weighted by molar-refractivity contribution is 7.90. The molecule has 1 aromatic heterocycles. The zero-order valence-corrected chi connectivity index (χ0v) is 29.5. The lowest BCUT2D eigenvalue weighted by Crippen LogP contribution is -2.51. The number of piperazine rings is 1. The maximum absolute atomic E-state index is 13.2. The summed E-state index contributed by atoms with van der Waals surface area (Å²) in [6, 6.07) is 15.4. The average Bonchev–Trinajstić information content (AvgIpc) is 3.07. The molecule has 2 heterocycles. The molecule has 0 spiro atoms. The van der Waals surface area contributed by atoms with Crippen LogP contribution in [0.1, 0.15) is 61.5 Å². The minimum Gasteiger partial charge on any atom is -0.496 e. The summed E-state index contributed by atoms with van der Waals surface area (Å²) in [4.78, 5) is 17.4. The summed E-state index contributed by atoms with van der Waals surface area (Å²) in [5.41, 5.74) is 2.81. The third kappa shape index (κ3) is 7.35. The van der Waals surface area contributed by atoms with Gasteiger partial charge in [-0.3, -0.25) is 9.69 Å². The second-order valence-corrected chi connectivity index (χ2v) is 16.2. The van der Waals surface area contributed by atoms with Crippen molar-refractivity contribution < 1.29 is 27.4 Å². The molecular formula is C37H47N5O6S. The van der Waals surface area contributed by atoms with Gasteiger partial charge in [-0.15, -0.1) is 10.2 Å². The predicted octanol–water partition coefficient (Wildman–Crippen LogP) is 5.16. The number of carbonyl (C=O) groups excluding carboxylic acids is 1. The summed E-state index contributed by atoms with van der Waals surface area (Å²) in [5.74, 6) is 4.23. The van der Waals surface area contributed by atoms with E-state index in [1.54, 1.807) is 26.4 Å². The highest BCUT2D eigenvalue weighted by atomic mass is 32.2. The van der Waals surface area contributed by atoms with Gasteiger partial charge < -0.3 is 19.1 Å². The van der Waals surface area contributed by atoms with Crippen LogP contribution in [0.3, 0.4) is 0 Å². The molecule has 0 radical (unpaired) electrons. The number of hydrogen-bond acceptors (Lipinski definition) is 10. The number of hydrogen-bond donors (Lipinski definition) is 1. The number of methoxy groups -OCH3 is 2. The Bertz CT molecular complexity index is 1710. The molecule has 4 saturated carbocycles. The quantitative estimate of drug-likeness (QED) is 0.273. The van der Waals surface area contributed by atoms with E-state index in [1.165, 1.54) is 19.3 Å². The Labute approximate surface area is 289 Å². The zero-order chi connectivity index (χ0) is 34.2. The molecule has 1 saturated heterocycles. The first-order chi connectivity index (χ1) is 23.6. The summed E-state index contributed by atoms with van der Waals surface area (Å²) in [6.45, 7) is 6.21. The van der Waals surface area contributed by atoms with Crippen molar-refractivity contribution in [1.82, 2.24) is 19.8 Å². The molecule has 0 atom stereocenters. The van der Waals surface area contributed by atoms with Crippen molar-refractivity contribution in [2.45, 2.75) is 52.0 Å². The summed E-state index contributed by atoms with van der Waals surface area (Å²) >= 11 is 0. The predicted molar refractivity (Wildman–Crippen MR) is 188 cm³/mol. The number of ether oxygens (including phenoxy) is 3. The maximum Gasteiger partial charge on any atom is 0.285 e. The number of benzene rings is 2. The lowest BCUT2D eigenvalue weighted by Gasteiger charge is -2.56. The largest absolute Gasteiger partial charge is 0.496 e. The Morgan fingerprint density at radius 2 is 1.53 bits per heavy atom. The van der Waals surface area contributed by atoms with Crippen LogP contribution >= 0.6 is 0 Å². The summed E-state index contributed by atoms with van der Waals surface area (Å²) in [7, 11) is -0.434. The molecule has 5 fully saturated rings. The van der Waals surface area contributed by atoms with Crippen LogP contribution in [0.15, 0.2) is 48.5 Å². The first kappa shape index (κ1) is 33.6. The molecule has 262 valence electrons. The Morgan fingerprint density at radius 1 is 0.878 bits per heavy atom. The Hall–Kier alpha value is -3.90. The number of nitrogens with one attached hydrogen (secondary N) is 1. The van der Waals surface area contributed by atoms with Gasteiger partial charge in [-0.25, -0.2) is 13.1 Å². The van der Waals surface area contributed by atoms with E-state index in [-0.39, 0.29) is 16.9 Å². The number of anilines is 1. The van der Waals surface area contributed by atoms with Crippen molar-refractivity contribution in [2.24, 2.45) is 23.2 Å². The smallest absolute Gasteiger partial charge is 0.285 e. The van der Waals surface area contributed by atoms with Gasteiger partial charge in [-0.2, -0.15) is 0 Å². The molecule has 12 heteroatoms. The molecule has 1 N–H and O–H groups in total. The Kier molecular flexibility index (Phi) is 9.45. The van der Waals surface area contributed by atoms with Gasteiger partial charge >= 0.3 is 0 Å². The van der Waals surface area contributed by atoms with Crippen LogP contribution in [-0.4, -0.2) is 82.2 Å². The van der Waals surface area contributed by atoms with Gasteiger partial charge in [0.2, 0.25) is 10.0 Å². The lowest BCUT2D eigenvalue weighted by molar-refractivity contribution is -0.0391. The normalized spacial score (nSPS) is 24.9. The molecular weight excluding hydrogens is 643 g/mol. The molecule has 8 rings (SSSR count). The topological polar surface area (TPSA) is 123 Å². The van der Waals surface area contributed by atoms with E-state index >= 15 is 0 Å². The molecule has 0 unspecified atom stereocenters. The van der Waals surface area contributed by atoms with Crippen LogP contribution in [0, 0.1) is 23.2 Å². The van der Waals surface area contributed by atoms with Crippen LogP contribution in [-0.2, 0) is 16.6 Å². The molecule has 1 amide bonds. The Morgan fingerprint density at radius 3 is 2.10 bits per heavy atom. The highest BCUT2D eigenvalue weighted by Gasteiger charge is 2.52. The van der Waals surface area contributed by atoms with Gasteiger partial charge in [0.05, 0.1) is 32.1 Å². The molecule has 4 bridgehead atoms. The summed E-state index contributed by atoms with van der Waals surface area (Å²) in [6.07, 6.45) is 6.62. The molecule has 2 aromatic carbocycles. The maximum atomic E-state index is 13.2. The highest BCUT2D eigenvalue weighted by Crippen LogP contribution is 2.60. The van der Waals surface area contributed by atoms with E-state index in [2.05, 4.69) is 24.7 Å². The number of rotatable bonds is 12. The average molecular weight is 690 g/mol. The van der Waals surface area contributed by atoms with Crippen molar-refractivity contribution in [3.63, 3.8) is 0 Å². The van der Waals surface area contributed by atoms with E-state index in [0.717, 1.165) is 66.3 Å². The molecule has 5 aliphatic rings. The van der Waals surface area contributed by atoms with Gasteiger partial charge in [0.1, 0.15) is 17.2 Å². The van der Waals surface area contributed by atoms with Crippen molar-refractivity contribution in [3.8, 4) is 28.4 Å². The van der Waals surface area contributed by atoms with Crippen molar-refractivity contribution in [2.75, 3.05) is 57.7 Å². The van der Waals surface area contributed by atoms with E-state index in [1.807, 2.05) is 43.3 Å². The number of amides is 1. The number of carbonyl (C=O) groups is 1. The fourth-order valence-electron chi connectivity index (χ4n) is 9.31. The van der Waals surface area contributed by atoms with Gasteiger partial charge in [0, 0.05) is 32.7 Å². The molecule has 3 aromatic rings. The summed E-state index contributed by atoms with van der Waals surface area (Å²) < 4.78 is 46.0. The minimum atomic E-state index is -3.79. The fraction of sp³-hybridized carbons (Fsp3) is 0.541. The van der Waals surface area contributed by atoms with Crippen LogP contribution in [0.2, 0.25) is 0 Å². The van der Waals surface area contributed by atoms with Crippen molar-refractivity contribution in [1.29, 1.82) is 0 Å². The second kappa shape index (κ2) is 13.8. The minimum absolute atomic E-state index is 0.00345. The van der Waals surface area contributed by atoms with E-state index in [0.29, 0.717) is 49.8 Å². The molecule has 49 heavy (non-hydrogen) atoms. The van der Waals surface area contributed by atoms with Crippen LogP contribution in [0.25, 0.3) is 11.1 Å². The second-order valence-electron chi connectivity index (χ2n) is 14.5. The van der Waals surface area contributed by atoms with E-state index in [4.69, 9.17) is 14.2 Å². The third-order valence-electron chi connectivity index (χ3n) is 11.0. The number of aromatic nitrogens is 2. The summed E-state index contributed by atoms with van der Waals surface area (Å²) in [5, 5.41) is 8.43. The number of sulfonamides is 1. The Balaban J connectivity index is 0.949. The van der Waals surface area contributed by atoms with E-state index < -0.39 is 15.9 Å².